The molecule has 2 unspecified atom stereocenters. The number of methoxy groups -OCH3 is 3. The molecule has 3 heterocycles. The van der Waals surface area contributed by atoms with Crippen molar-refractivity contribution in [2.24, 2.45) is 0 Å². The fraction of sp³-hybridized carbons (Fsp3) is 0.609. The van der Waals surface area contributed by atoms with Crippen molar-refractivity contribution in [1.29, 1.82) is 0 Å². The van der Waals surface area contributed by atoms with E-state index in [0.717, 1.165) is 104 Å². The quantitative estimate of drug-likeness (QED) is 0.0784. The van der Waals surface area contributed by atoms with E-state index in [9.17, 15) is 9.59 Å². The summed E-state index contributed by atoms with van der Waals surface area (Å²) in [4.78, 5) is 39.9. The summed E-state index contributed by atoms with van der Waals surface area (Å²) in [7, 11) is 4.70. The largest absolute Gasteiger partial charge is 0.493 e. The topological polar surface area (TPSA) is 147 Å². The number of fused-ring (bicyclic) bond motifs is 3. The molecule has 0 spiro atoms. The van der Waals surface area contributed by atoms with Gasteiger partial charge in [-0.1, -0.05) is 50.1 Å². The molecule has 2 aromatic rings. The van der Waals surface area contributed by atoms with E-state index in [1.807, 2.05) is 44.2 Å². The first kappa shape index (κ1) is 45.3. The molecule has 3 aliphatic heterocycles. The highest BCUT2D eigenvalue weighted by Crippen LogP contribution is 2.44. The zero-order chi connectivity index (χ0) is 42.3. The number of unbranched alkanes of at least 4 members (excludes halogenated alkanes) is 1. The van der Waals surface area contributed by atoms with Gasteiger partial charge in [-0.3, -0.25) is 4.90 Å². The molecule has 0 radical (unpaired) electrons. The lowest BCUT2D eigenvalue weighted by Crippen LogP contribution is -2.46. The Balaban J connectivity index is 0.861. The monoisotopic (exact) mass is 834 g/mol. The Morgan fingerprint density at radius 3 is 2.53 bits per heavy atom. The van der Waals surface area contributed by atoms with Crippen molar-refractivity contribution in [1.82, 2.24) is 20.9 Å². The summed E-state index contributed by atoms with van der Waals surface area (Å²) in [6, 6.07) is 14.4. The summed E-state index contributed by atoms with van der Waals surface area (Å²) in [5, 5.41) is 9.75. The number of likely N-dealkylation sites (tertiary alicyclic amines) is 1. The van der Waals surface area contributed by atoms with Gasteiger partial charge in [-0.05, 0) is 92.8 Å². The van der Waals surface area contributed by atoms with Crippen molar-refractivity contribution in [2.75, 3.05) is 80.5 Å². The second kappa shape index (κ2) is 23.2. The van der Waals surface area contributed by atoms with Gasteiger partial charge in [-0.15, -0.1) is 0 Å². The molecular weight excluding hydrogens is 769 g/mol. The van der Waals surface area contributed by atoms with Gasteiger partial charge in [-0.2, -0.15) is 0 Å². The lowest BCUT2D eigenvalue weighted by atomic mass is 9.77. The van der Waals surface area contributed by atoms with E-state index in [0.29, 0.717) is 43.6 Å². The van der Waals surface area contributed by atoms with Crippen molar-refractivity contribution in [3.05, 3.63) is 81.7 Å². The first-order chi connectivity index (χ1) is 29.3. The Labute approximate surface area is 355 Å². The SMILES string of the molecule is CCC1OOCC2=C(C)NC(COCCNCCCCNC(=O)O[C@@H]3CCN([C@@H]4CCCC[C@H]4OCCc4ccc(OC)c(OC)c4)C3)=C(C(=O)OC)C2c2ccccc21. The molecule has 1 saturated carbocycles. The van der Waals surface area contributed by atoms with E-state index in [-0.39, 0.29) is 43.5 Å². The van der Waals surface area contributed by atoms with Crippen LogP contribution in [0.15, 0.2) is 65.0 Å². The predicted octanol–water partition coefficient (Wildman–Crippen LogP) is 6.26. The number of dihydropyridines is 1. The minimum absolute atomic E-state index is 0.115. The van der Waals surface area contributed by atoms with Crippen LogP contribution < -0.4 is 25.4 Å². The summed E-state index contributed by atoms with van der Waals surface area (Å²) in [5.74, 6) is 0.713. The Kier molecular flexibility index (Phi) is 17.5. The summed E-state index contributed by atoms with van der Waals surface area (Å²) in [6.45, 7) is 9.23. The van der Waals surface area contributed by atoms with E-state index in [4.69, 9.17) is 38.2 Å². The van der Waals surface area contributed by atoms with Gasteiger partial charge in [-0.25, -0.2) is 19.4 Å². The zero-order valence-corrected chi connectivity index (χ0v) is 36.2. The maximum atomic E-state index is 13.3. The molecule has 0 bridgehead atoms. The highest BCUT2D eigenvalue weighted by atomic mass is 17.2. The maximum absolute atomic E-state index is 13.3. The van der Waals surface area contributed by atoms with Crippen molar-refractivity contribution in [3.63, 3.8) is 0 Å². The molecule has 6 rings (SSSR count). The standard InChI is InChI=1S/C46H66N4O10/c1-6-39-34-13-7-8-14-35(34)43-36(29-58-60-39)31(2)49-37(44(43)45(51)55-5)30-56-26-23-47-21-11-12-22-48-46(52)59-33-19-24-50(28-33)38-15-9-10-16-40(38)57-25-20-32-17-18-41(53-3)42(27-32)54-4/h7-8,13-14,17-18,27,33,38-40,43,47,49H,6,9-12,15-16,19-26,28-30H2,1-5H3,(H,48,52)/t33-,38-,39?,40-,43?/m1/s1. The normalized spacial score (nSPS) is 23.2. The minimum atomic E-state index is -0.403. The Morgan fingerprint density at radius 2 is 1.73 bits per heavy atom. The molecule has 1 amide bonds. The maximum Gasteiger partial charge on any atom is 0.407 e. The van der Waals surface area contributed by atoms with Gasteiger partial charge < -0.3 is 44.4 Å². The summed E-state index contributed by atoms with van der Waals surface area (Å²) in [6.07, 6.45) is 8.08. The van der Waals surface area contributed by atoms with Gasteiger partial charge >= 0.3 is 12.1 Å². The number of amides is 1. The number of ether oxygens (including phenoxy) is 6. The van der Waals surface area contributed by atoms with E-state index >= 15 is 0 Å². The molecule has 5 atom stereocenters. The fourth-order valence-electron chi connectivity index (χ4n) is 8.93. The van der Waals surface area contributed by atoms with Gasteiger partial charge in [0, 0.05) is 43.8 Å². The van der Waals surface area contributed by atoms with Crippen molar-refractivity contribution < 1.29 is 47.8 Å². The molecule has 2 fully saturated rings. The van der Waals surface area contributed by atoms with Crippen LogP contribution in [0.2, 0.25) is 0 Å². The smallest absolute Gasteiger partial charge is 0.407 e. The second-order valence-corrected chi connectivity index (χ2v) is 15.9. The van der Waals surface area contributed by atoms with Crippen LogP contribution in [0.5, 0.6) is 11.5 Å². The van der Waals surface area contributed by atoms with Crippen LogP contribution in [0, 0.1) is 0 Å². The first-order valence-electron chi connectivity index (χ1n) is 21.8. The van der Waals surface area contributed by atoms with E-state index < -0.39 is 5.97 Å². The molecule has 14 heteroatoms. The molecular formula is C46H66N4O10. The summed E-state index contributed by atoms with van der Waals surface area (Å²) in [5.41, 5.74) is 6.19. The number of benzene rings is 2. The number of rotatable bonds is 20. The molecule has 0 aromatic heterocycles. The van der Waals surface area contributed by atoms with Crippen molar-refractivity contribution in [3.8, 4) is 11.5 Å². The third kappa shape index (κ3) is 11.8. The van der Waals surface area contributed by atoms with Crippen molar-refractivity contribution in [2.45, 2.75) is 102 Å². The molecule has 3 N–H and O–H groups in total. The van der Waals surface area contributed by atoms with Crippen LogP contribution in [0.25, 0.3) is 0 Å². The number of esters is 1. The molecule has 330 valence electrons. The molecule has 2 aromatic carbocycles. The molecule has 1 saturated heterocycles. The predicted molar refractivity (Wildman–Crippen MR) is 227 cm³/mol. The lowest BCUT2D eigenvalue weighted by molar-refractivity contribution is -0.324. The number of hydrogen-bond donors (Lipinski definition) is 3. The Bertz CT molecular complexity index is 1780. The van der Waals surface area contributed by atoms with Crippen LogP contribution in [0.3, 0.4) is 0 Å². The Morgan fingerprint density at radius 1 is 0.933 bits per heavy atom. The number of alkyl carbamates (subject to hydrolysis) is 1. The highest BCUT2D eigenvalue weighted by Gasteiger charge is 2.39. The van der Waals surface area contributed by atoms with Crippen LogP contribution in [-0.4, -0.2) is 116 Å². The van der Waals surface area contributed by atoms with Crippen LogP contribution >= 0.6 is 0 Å². The fourth-order valence-corrected chi connectivity index (χ4v) is 8.93. The first-order valence-corrected chi connectivity index (χ1v) is 21.8. The number of nitrogens with one attached hydrogen (secondary N) is 3. The van der Waals surface area contributed by atoms with Crippen LogP contribution in [0.4, 0.5) is 4.79 Å². The number of allylic oxidation sites excluding steroid dienone is 1. The second-order valence-electron chi connectivity index (χ2n) is 15.9. The molecule has 4 aliphatic rings. The number of carbonyl (C=O) groups excluding carboxylic acids is 2. The third-order valence-electron chi connectivity index (χ3n) is 12.1. The van der Waals surface area contributed by atoms with E-state index in [1.165, 1.54) is 20.0 Å². The lowest BCUT2D eigenvalue weighted by Gasteiger charge is -2.37. The van der Waals surface area contributed by atoms with Gasteiger partial charge in [0.1, 0.15) is 18.8 Å². The number of nitrogens with zero attached hydrogens (tertiary/aromatic N) is 1. The zero-order valence-electron chi connectivity index (χ0n) is 36.2. The number of carbonyl (C=O) groups is 2. The van der Waals surface area contributed by atoms with Gasteiger partial charge in [0.25, 0.3) is 0 Å². The summed E-state index contributed by atoms with van der Waals surface area (Å²) >= 11 is 0. The van der Waals surface area contributed by atoms with Crippen LogP contribution in [-0.2, 0) is 39.9 Å². The highest BCUT2D eigenvalue weighted by molar-refractivity contribution is 5.93. The van der Waals surface area contributed by atoms with Gasteiger partial charge in [0.15, 0.2) is 11.5 Å². The number of hydrogen-bond acceptors (Lipinski definition) is 13. The van der Waals surface area contributed by atoms with Gasteiger partial charge in [0.05, 0.1) is 58.5 Å². The molecule has 1 aliphatic carbocycles. The third-order valence-corrected chi connectivity index (χ3v) is 12.1. The van der Waals surface area contributed by atoms with E-state index in [1.54, 1.807) is 14.2 Å². The average Bonchev–Trinajstić information content (AvgIpc) is 3.73. The average molecular weight is 835 g/mol. The molecule has 14 nitrogen and oxygen atoms in total. The van der Waals surface area contributed by atoms with Crippen molar-refractivity contribution >= 4 is 12.1 Å². The molecule has 60 heavy (non-hydrogen) atoms. The van der Waals surface area contributed by atoms with Crippen LogP contribution in [0.1, 0.15) is 93.9 Å². The van der Waals surface area contributed by atoms with Gasteiger partial charge in [0.2, 0.25) is 0 Å². The van der Waals surface area contributed by atoms with E-state index in [2.05, 4.69) is 33.0 Å². The minimum Gasteiger partial charge on any atom is -0.493 e. The summed E-state index contributed by atoms with van der Waals surface area (Å²) < 4.78 is 34.5. The Hall–Kier alpha value is -4.18.